The Morgan fingerprint density at radius 3 is 2.03 bits per heavy atom. The van der Waals surface area contributed by atoms with E-state index in [1.54, 1.807) is 0 Å². The zero-order valence-electron chi connectivity index (χ0n) is 21.2. The van der Waals surface area contributed by atoms with E-state index in [1.807, 2.05) is 27.5 Å². The summed E-state index contributed by atoms with van der Waals surface area (Å²) in [6, 6.07) is 13.6. The highest BCUT2D eigenvalue weighted by molar-refractivity contribution is 9.09. The number of alkyl halides is 1. The molecule has 0 aliphatic carbocycles. The normalized spacial score (nSPS) is 12.7. The van der Waals surface area contributed by atoms with Gasteiger partial charge in [0.1, 0.15) is 11.0 Å². The second-order valence-corrected chi connectivity index (χ2v) is 14.0. The van der Waals surface area contributed by atoms with Crippen molar-refractivity contribution in [3.05, 3.63) is 46.8 Å². The molecule has 3 heterocycles. The third kappa shape index (κ3) is 5.66. The molecule has 0 radical (unpaired) electrons. The predicted octanol–water partition coefficient (Wildman–Crippen LogP) is 9.44. The topological polar surface area (TPSA) is 30.7 Å². The Morgan fingerprint density at radius 2 is 1.35 bits per heavy atom. The molecular formula is C28H36BrN3S2. The zero-order chi connectivity index (χ0) is 24.5. The van der Waals surface area contributed by atoms with Crippen LogP contribution in [0.4, 0.5) is 0 Å². The molecule has 0 unspecified atom stereocenters. The Labute approximate surface area is 220 Å². The van der Waals surface area contributed by atoms with Crippen molar-refractivity contribution >= 4 is 49.6 Å². The Morgan fingerprint density at radius 1 is 0.706 bits per heavy atom. The number of aryl methyl sites for hydroxylation is 1. The number of thiophene rings is 2. The van der Waals surface area contributed by atoms with Gasteiger partial charge in [0.25, 0.3) is 0 Å². The molecule has 0 N–H and O–H groups in total. The summed E-state index contributed by atoms with van der Waals surface area (Å²) < 4.78 is 0. The maximum absolute atomic E-state index is 5.00. The predicted molar refractivity (Wildman–Crippen MR) is 154 cm³/mol. The van der Waals surface area contributed by atoms with Crippen LogP contribution in [0.3, 0.4) is 0 Å². The van der Waals surface area contributed by atoms with Crippen molar-refractivity contribution in [2.75, 3.05) is 5.33 Å². The molecule has 3 aromatic heterocycles. The van der Waals surface area contributed by atoms with Crippen molar-refractivity contribution in [2.45, 2.75) is 84.6 Å². The van der Waals surface area contributed by atoms with E-state index in [4.69, 9.17) is 10.2 Å². The van der Waals surface area contributed by atoms with Crippen molar-refractivity contribution in [2.24, 2.45) is 0 Å². The van der Waals surface area contributed by atoms with E-state index in [2.05, 4.69) is 93.9 Å². The summed E-state index contributed by atoms with van der Waals surface area (Å²) in [5, 5.41) is 11.1. The van der Waals surface area contributed by atoms with Crippen LogP contribution in [0.2, 0.25) is 0 Å². The van der Waals surface area contributed by atoms with Crippen LogP contribution in [0.5, 0.6) is 0 Å². The summed E-state index contributed by atoms with van der Waals surface area (Å²) in [6.07, 6.45) is 4.82. The van der Waals surface area contributed by atoms with Gasteiger partial charge in [-0.1, -0.05) is 82.4 Å². The lowest BCUT2D eigenvalue weighted by Gasteiger charge is -2.19. The van der Waals surface area contributed by atoms with Crippen molar-refractivity contribution in [1.82, 2.24) is 15.0 Å². The van der Waals surface area contributed by atoms with Crippen LogP contribution < -0.4 is 0 Å². The molecule has 0 aliphatic rings. The molecule has 4 aromatic rings. The number of aromatic nitrogens is 3. The lowest BCUT2D eigenvalue weighted by atomic mass is 9.85. The molecule has 6 heteroatoms. The Kier molecular flexibility index (Phi) is 7.70. The van der Waals surface area contributed by atoms with Gasteiger partial charge < -0.3 is 0 Å². The zero-order valence-corrected chi connectivity index (χ0v) is 24.5. The molecule has 0 bridgehead atoms. The monoisotopic (exact) mass is 557 g/mol. The molecule has 0 spiro atoms. The number of fused-ring (bicyclic) bond motifs is 1. The summed E-state index contributed by atoms with van der Waals surface area (Å²) in [5.74, 6) is 0. The minimum atomic E-state index is 0.0223. The van der Waals surface area contributed by atoms with E-state index < -0.39 is 0 Å². The fourth-order valence-corrected chi connectivity index (χ4v) is 6.71. The quantitative estimate of drug-likeness (QED) is 0.159. The molecule has 34 heavy (non-hydrogen) atoms. The number of benzene rings is 1. The number of hydrogen-bond donors (Lipinski definition) is 0. The SMILES string of the molecule is CC(C)(C)c1ccc(-c2ccc(-c3ccc(C(C)(C)C)c4nn(CCCCCCBr)nc34)s2)s1. The van der Waals surface area contributed by atoms with Crippen LogP contribution in [0, 0.1) is 0 Å². The van der Waals surface area contributed by atoms with Gasteiger partial charge >= 0.3 is 0 Å². The third-order valence-electron chi connectivity index (χ3n) is 6.09. The van der Waals surface area contributed by atoms with Crippen molar-refractivity contribution in [3.63, 3.8) is 0 Å². The summed E-state index contributed by atoms with van der Waals surface area (Å²) in [7, 11) is 0. The Hall–Kier alpha value is -1.50. The summed E-state index contributed by atoms with van der Waals surface area (Å²) in [4.78, 5) is 7.28. The number of hydrogen-bond acceptors (Lipinski definition) is 4. The first-order chi connectivity index (χ1) is 16.1. The lowest BCUT2D eigenvalue weighted by Crippen LogP contribution is -2.12. The van der Waals surface area contributed by atoms with Crippen molar-refractivity contribution in [1.29, 1.82) is 0 Å². The highest BCUT2D eigenvalue weighted by Gasteiger charge is 2.23. The standard InChI is InChI=1S/C28H36BrN3S2/c1-27(2,3)20-12-11-19(25-26(20)31-32(30-25)18-10-8-7-9-17-29)21-13-14-22(33-21)23-15-16-24(34-23)28(4,5)6/h11-16H,7-10,17-18H2,1-6H3. The average Bonchev–Trinajstić information content (AvgIpc) is 3.49. The molecule has 4 rings (SSSR count). The van der Waals surface area contributed by atoms with Crippen molar-refractivity contribution < 1.29 is 0 Å². The van der Waals surface area contributed by atoms with E-state index in [0.29, 0.717) is 0 Å². The summed E-state index contributed by atoms with van der Waals surface area (Å²) >= 11 is 7.29. The maximum atomic E-state index is 5.00. The van der Waals surface area contributed by atoms with E-state index in [9.17, 15) is 0 Å². The van der Waals surface area contributed by atoms with Gasteiger partial charge in [-0.15, -0.1) is 22.7 Å². The van der Waals surface area contributed by atoms with Crippen LogP contribution in [-0.4, -0.2) is 20.3 Å². The van der Waals surface area contributed by atoms with Crippen LogP contribution >= 0.6 is 38.6 Å². The molecule has 0 aliphatic heterocycles. The molecule has 0 amide bonds. The molecule has 1 aromatic carbocycles. The molecule has 0 atom stereocenters. The molecule has 0 saturated carbocycles. The molecule has 3 nitrogen and oxygen atoms in total. The van der Waals surface area contributed by atoms with Gasteiger partial charge in [0.15, 0.2) is 0 Å². The molecule has 0 saturated heterocycles. The minimum absolute atomic E-state index is 0.0223. The second-order valence-electron chi connectivity index (χ2n) is 11.1. The van der Waals surface area contributed by atoms with Gasteiger partial charge in [-0.3, -0.25) is 0 Å². The van der Waals surface area contributed by atoms with Crippen LogP contribution in [0.1, 0.15) is 77.7 Å². The van der Waals surface area contributed by atoms with Gasteiger partial charge in [-0.05, 0) is 53.5 Å². The highest BCUT2D eigenvalue weighted by Crippen LogP contribution is 2.42. The first kappa shape index (κ1) is 25.6. The molecule has 0 fully saturated rings. The minimum Gasteiger partial charge on any atom is -0.184 e. The Balaban J connectivity index is 1.68. The van der Waals surface area contributed by atoms with Gasteiger partial charge in [-0.25, -0.2) is 0 Å². The van der Waals surface area contributed by atoms with Crippen LogP contribution in [0.15, 0.2) is 36.4 Å². The van der Waals surface area contributed by atoms with E-state index >= 15 is 0 Å². The number of unbranched alkanes of at least 4 members (excludes halogenated alkanes) is 3. The summed E-state index contributed by atoms with van der Waals surface area (Å²) in [5.41, 5.74) is 4.74. The smallest absolute Gasteiger partial charge is 0.122 e. The first-order valence-corrected chi connectivity index (χ1v) is 15.0. The third-order valence-corrected chi connectivity index (χ3v) is 9.48. The van der Waals surface area contributed by atoms with E-state index in [-0.39, 0.29) is 10.8 Å². The van der Waals surface area contributed by atoms with Gasteiger partial charge in [0.2, 0.25) is 0 Å². The van der Waals surface area contributed by atoms with Gasteiger partial charge in [-0.2, -0.15) is 15.0 Å². The summed E-state index contributed by atoms with van der Waals surface area (Å²) in [6.45, 7) is 14.5. The largest absolute Gasteiger partial charge is 0.184 e. The Bertz CT molecular complexity index is 1250. The van der Waals surface area contributed by atoms with Gasteiger partial charge in [0, 0.05) is 30.4 Å². The average molecular weight is 559 g/mol. The van der Waals surface area contributed by atoms with E-state index in [0.717, 1.165) is 29.3 Å². The lowest BCUT2D eigenvalue weighted by molar-refractivity contribution is 0.495. The second kappa shape index (κ2) is 10.2. The number of rotatable bonds is 8. The molecular weight excluding hydrogens is 522 g/mol. The van der Waals surface area contributed by atoms with E-state index in [1.165, 1.54) is 49.9 Å². The fourth-order valence-electron chi connectivity index (χ4n) is 4.13. The number of halogens is 1. The molecule has 182 valence electrons. The van der Waals surface area contributed by atoms with Crippen LogP contribution in [-0.2, 0) is 17.4 Å². The maximum Gasteiger partial charge on any atom is 0.122 e. The van der Waals surface area contributed by atoms with Gasteiger partial charge in [0.05, 0.1) is 6.54 Å². The fraction of sp³-hybridized carbons (Fsp3) is 0.500. The van der Waals surface area contributed by atoms with Crippen molar-refractivity contribution in [3.8, 4) is 20.2 Å². The first-order valence-electron chi connectivity index (χ1n) is 12.2. The highest BCUT2D eigenvalue weighted by atomic mass is 79.9. The van der Waals surface area contributed by atoms with Crippen LogP contribution in [0.25, 0.3) is 31.2 Å². The number of nitrogens with zero attached hydrogens (tertiary/aromatic N) is 3.